The van der Waals surface area contributed by atoms with Crippen molar-refractivity contribution in [1.82, 2.24) is 0 Å². The van der Waals surface area contributed by atoms with Gasteiger partial charge in [0.05, 0.1) is 0 Å². The van der Waals surface area contributed by atoms with Crippen LogP contribution in [0.1, 0.15) is 12.0 Å². The summed E-state index contributed by atoms with van der Waals surface area (Å²) in [6.07, 6.45) is 0.823. The summed E-state index contributed by atoms with van der Waals surface area (Å²) in [6, 6.07) is 11.4. The third-order valence-corrected chi connectivity index (χ3v) is 3.21. The number of para-hydroxylation sites is 1. The molecule has 1 aliphatic heterocycles. The van der Waals surface area contributed by atoms with Gasteiger partial charge in [0.1, 0.15) is 5.82 Å². The van der Waals surface area contributed by atoms with Crippen molar-refractivity contribution in [1.29, 1.82) is 0 Å². The van der Waals surface area contributed by atoms with Gasteiger partial charge in [-0.2, -0.15) is 0 Å². The minimum absolute atomic E-state index is 0.169. The summed E-state index contributed by atoms with van der Waals surface area (Å²) >= 11 is 0. The number of amides is 1. The molecule has 2 aromatic carbocycles. The molecule has 5 heteroatoms. The molecule has 0 radical (unpaired) electrons. The zero-order valence-corrected chi connectivity index (χ0v) is 11.3. The van der Waals surface area contributed by atoms with Crippen LogP contribution >= 0.6 is 0 Å². The second kappa shape index (κ2) is 5.83. The molecule has 0 fully saturated rings. The number of carbonyl (C=O) groups is 1. The van der Waals surface area contributed by atoms with Crippen LogP contribution in [0, 0.1) is 5.82 Å². The predicted molar refractivity (Wildman–Crippen MR) is 75.9 cm³/mol. The van der Waals surface area contributed by atoms with Crippen LogP contribution in [0.25, 0.3) is 0 Å². The number of nitrogens with one attached hydrogen (secondary N) is 1. The molecule has 1 amide bonds. The molecule has 0 spiro atoms. The summed E-state index contributed by atoms with van der Waals surface area (Å²) in [6.45, 7) is 0.210. The first-order valence-electron chi connectivity index (χ1n) is 6.65. The molecule has 1 N–H and O–H groups in total. The van der Waals surface area contributed by atoms with Crippen LogP contribution in [0.3, 0.4) is 0 Å². The van der Waals surface area contributed by atoms with E-state index in [4.69, 9.17) is 9.47 Å². The topological polar surface area (TPSA) is 47.6 Å². The van der Waals surface area contributed by atoms with Crippen molar-refractivity contribution in [2.75, 3.05) is 12.1 Å². The van der Waals surface area contributed by atoms with Crippen molar-refractivity contribution in [3.63, 3.8) is 0 Å². The molecule has 21 heavy (non-hydrogen) atoms. The number of anilines is 1. The Morgan fingerprint density at radius 3 is 2.90 bits per heavy atom. The van der Waals surface area contributed by atoms with E-state index in [0.717, 1.165) is 5.56 Å². The molecule has 0 saturated heterocycles. The lowest BCUT2D eigenvalue weighted by Crippen LogP contribution is -2.12. The molecule has 2 aromatic rings. The summed E-state index contributed by atoms with van der Waals surface area (Å²) in [4.78, 5) is 11.9. The maximum absolute atomic E-state index is 13.0. The zero-order valence-electron chi connectivity index (χ0n) is 11.3. The Kier molecular flexibility index (Phi) is 3.73. The molecule has 0 aliphatic carbocycles. The average Bonchev–Trinajstić information content (AvgIpc) is 2.94. The fraction of sp³-hybridized carbons (Fsp3) is 0.188. The van der Waals surface area contributed by atoms with Crippen LogP contribution in [0.4, 0.5) is 10.1 Å². The second-order valence-corrected chi connectivity index (χ2v) is 4.71. The van der Waals surface area contributed by atoms with Crippen molar-refractivity contribution < 1.29 is 18.7 Å². The smallest absolute Gasteiger partial charge is 0.231 e. The Hall–Kier alpha value is -2.56. The van der Waals surface area contributed by atoms with Gasteiger partial charge in [0.25, 0.3) is 0 Å². The van der Waals surface area contributed by atoms with E-state index in [1.165, 1.54) is 12.1 Å². The number of hydrogen-bond donors (Lipinski definition) is 1. The quantitative estimate of drug-likeness (QED) is 0.939. The molecule has 1 heterocycles. The molecule has 0 aromatic heterocycles. The number of rotatable bonds is 4. The number of hydrogen-bond acceptors (Lipinski definition) is 3. The van der Waals surface area contributed by atoms with Gasteiger partial charge in [-0.3, -0.25) is 4.79 Å². The summed E-state index contributed by atoms with van der Waals surface area (Å²) < 4.78 is 23.7. The van der Waals surface area contributed by atoms with E-state index in [0.29, 0.717) is 23.6 Å². The molecule has 1 aliphatic rings. The second-order valence-electron chi connectivity index (χ2n) is 4.71. The highest BCUT2D eigenvalue weighted by Gasteiger charge is 2.17. The van der Waals surface area contributed by atoms with E-state index >= 15 is 0 Å². The van der Waals surface area contributed by atoms with Crippen LogP contribution in [-0.2, 0) is 11.2 Å². The first kappa shape index (κ1) is 13.4. The molecule has 4 nitrogen and oxygen atoms in total. The lowest BCUT2D eigenvalue weighted by atomic mass is 10.1. The zero-order chi connectivity index (χ0) is 14.7. The van der Waals surface area contributed by atoms with Gasteiger partial charge in [-0.1, -0.05) is 18.2 Å². The largest absolute Gasteiger partial charge is 0.454 e. The number of carbonyl (C=O) groups excluding carboxylic acids is 1. The van der Waals surface area contributed by atoms with Crippen LogP contribution < -0.4 is 14.8 Å². The summed E-state index contributed by atoms with van der Waals surface area (Å²) in [5.41, 5.74) is 1.39. The monoisotopic (exact) mass is 287 g/mol. The fourth-order valence-electron chi connectivity index (χ4n) is 2.23. The SMILES string of the molecule is O=C(CCc1cccc2c1OCO2)Nc1cccc(F)c1. The Bertz CT molecular complexity index is 672. The lowest BCUT2D eigenvalue weighted by Gasteiger charge is -2.07. The van der Waals surface area contributed by atoms with E-state index in [2.05, 4.69) is 5.32 Å². The first-order valence-corrected chi connectivity index (χ1v) is 6.65. The van der Waals surface area contributed by atoms with E-state index in [-0.39, 0.29) is 24.9 Å². The van der Waals surface area contributed by atoms with Crippen molar-refractivity contribution >= 4 is 11.6 Å². The van der Waals surface area contributed by atoms with Crippen molar-refractivity contribution in [3.8, 4) is 11.5 Å². The maximum atomic E-state index is 13.0. The van der Waals surface area contributed by atoms with Crippen molar-refractivity contribution in [2.45, 2.75) is 12.8 Å². The van der Waals surface area contributed by atoms with E-state index in [1.54, 1.807) is 12.1 Å². The number of fused-ring (bicyclic) bond motifs is 1. The van der Waals surface area contributed by atoms with E-state index < -0.39 is 0 Å². The van der Waals surface area contributed by atoms with Crippen molar-refractivity contribution in [3.05, 3.63) is 53.8 Å². The molecule has 108 valence electrons. The number of halogens is 1. The van der Waals surface area contributed by atoms with E-state index in [1.807, 2.05) is 18.2 Å². The van der Waals surface area contributed by atoms with Crippen LogP contribution in [-0.4, -0.2) is 12.7 Å². The molecule has 3 rings (SSSR count). The number of benzene rings is 2. The maximum Gasteiger partial charge on any atom is 0.231 e. The normalized spacial score (nSPS) is 12.2. The highest BCUT2D eigenvalue weighted by Crippen LogP contribution is 2.35. The summed E-state index contributed by atoms with van der Waals surface area (Å²) in [5, 5.41) is 2.67. The Labute approximate surface area is 121 Å². The van der Waals surface area contributed by atoms with Crippen molar-refractivity contribution in [2.24, 2.45) is 0 Å². The lowest BCUT2D eigenvalue weighted by molar-refractivity contribution is -0.116. The van der Waals surface area contributed by atoms with E-state index in [9.17, 15) is 9.18 Å². The van der Waals surface area contributed by atoms with Gasteiger partial charge in [-0.15, -0.1) is 0 Å². The van der Waals surface area contributed by atoms with Gasteiger partial charge < -0.3 is 14.8 Å². The molecular formula is C16H14FNO3. The van der Waals surface area contributed by atoms with Crippen LogP contribution in [0.5, 0.6) is 11.5 Å². The van der Waals surface area contributed by atoms with Gasteiger partial charge in [0.15, 0.2) is 11.5 Å². The highest BCUT2D eigenvalue weighted by atomic mass is 19.1. The summed E-state index contributed by atoms with van der Waals surface area (Å²) in [5.74, 6) is 0.866. The summed E-state index contributed by atoms with van der Waals surface area (Å²) in [7, 11) is 0. The first-order chi connectivity index (χ1) is 10.2. The standard InChI is InChI=1S/C16H14FNO3/c17-12-4-2-5-13(9-12)18-15(19)8-7-11-3-1-6-14-16(11)21-10-20-14/h1-6,9H,7-8,10H2,(H,18,19). The van der Waals surface area contributed by atoms with Crippen LogP contribution in [0.2, 0.25) is 0 Å². The third-order valence-electron chi connectivity index (χ3n) is 3.21. The predicted octanol–water partition coefficient (Wildman–Crippen LogP) is 3.13. The third kappa shape index (κ3) is 3.13. The fourth-order valence-corrected chi connectivity index (χ4v) is 2.23. The van der Waals surface area contributed by atoms with Gasteiger partial charge in [0, 0.05) is 12.1 Å². The Morgan fingerprint density at radius 1 is 1.19 bits per heavy atom. The van der Waals surface area contributed by atoms with Gasteiger partial charge >= 0.3 is 0 Å². The average molecular weight is 287 g/mol. The number of ether oxygens (including phenoxy) is 2. The number of aryl methyl sites for hydroxylation is 1. The Morgan fingerprint density at radius 2 is 2.05 bits per heavy atom. The minimum Gasteiger partial charge on any atom is -0.454 e. The molecule has 0 saturated carbocycles. The van der Waals surface area contributed by atoms with Crippen LogP contribution in [0.15, 0.2) is 42.5 Å². The highest BCUT2D eigenvalue weighted by molar-refractivity contribution is 5.90. The van der Waals surface area contributed by atoms with Gasteiger partial charge in [-0.25, -0.2) is 4.39 Å². The Balaban J connectivity index is 1.60. The molecular weight excluding hydrogens is 273 g/mol. The molecule has 0 atom stereocenters. The minimum atomic E-state index is -0.376. The molecule has 0 bridgehead atoms. The molecule has 0 unspecified atom stereocenters. The van der Waals surface area contributed by atoms with Gasteiger partial charge in [-0.05, 0) is 36.2 Å². The van der Waals surface area contributed by atoms with Gasteiger partial charge in [0.2, 0.25) is 12.7 Å².